The van der Waals surface area contributed by atoms with Crippen molar-refractivity contribution in [2.75, 3.05) is 13.7 Å². The first-order valence-electron chi connectivity index (χ1n) is 8.04. The van der Waals surface area contributed by atoms with Crippen LogP contribution in [0.25, 0.3) is 16.9 Å². The number of rotatable bonds is 6. The molecule has 3 N–H and O–H groups in total. The first-order chi connectivity index (χ1) is 12.5. The first kappa shape index (κ1) is 17.6. The lowest BCUT2D eigenvalue weighted by Crippen LogP contribution is -2.36. The third-order valence-corrected chi connectivity index (χ3v) is 3.83. The lowest BCUT2D eigenvalue weighted by atomic mass is 10.1. The number of nitrogens with zero attached hydrogens (tertiary/aromatic N) is 3. The molecule has 8 heteroatoms. The van der Waals surface area contributed by atoms with E-state index in [9.17, 15) is 9.59 Å². The Morgan fingerprint density at radius 3 is 2.69 bits per heavy atom. The molecule has 1 atom stereocenters. The van der Waals surface area contributed by atoms with Gasteiger partial charge >= 0.3 is 0 Å². The summed E-state index contributed by atoms with van der Waals surface area (Å²) in [5, 5.41) is 2.85. The Kier molecular flexibility index (Phi) is 4.94. The molecule has 0 fully saturated rings. The molecule has 26 heavy (non-hydrogen) atoms. The summed E-state index contributed by atoms with van der Waals surface area (Å²) in [4.78, 5) is 32.9. The van der Waals surface area contributed by atoms with Gasteiger partial charge in [0, 0.05) is 18.7 Å². The third kappa shape index (κ3) is 3.40. The molecule has 0 saturated carbocycles. The number of primary amides is 1. The molecule has 0 bridgehead atoms. The number of benzene rings is 1. The van der Waals surface area contributed by atoms with Crippen molar-refractivity contribution in [3.63, 3.8) is 0 Å². The van der Waals surface area contributed by atoms with Crippen LogP contribution in [0.3, 0.4) is 0 Å². The normalized spacial score (nSPS) is 12.1. The van der Waals surface area contributed by atoms with Crippen molar-refractivity contribution in [2.24, 2.45) is 5.73 Å². The summed E-state index contributed by atoms with van der Waals surface area (Å²) >= 11 is 0. The molecular weight excluding hydrogens is 334 g/mol. The predicted molar refractivity (Wildman–Crippen MR) is 95.7 cm³/mol. The minimum Gasteiger partial charge on any atom is -0.383 e. The van der Waals surface area contributed by atoms with Gasteiger partial charge in [0.25, 0.3) is 11.8 Å². The molecule has 0 aliphatic heterocycles. The van der Waals surface area contributed by atoms with Gasteiger partial charge in [-0.15, -0.1) is 0 Å². The number of imidazole rings is 1. The first-order valence-corrected chi connectivity index (χ1v) is 8.04. The fourth-order valence-corrected chi connectivity index (χ4v) is 2.67. The highest BCUT2D eigenvalue weighted by atomic mass is 16.5. The smallest absolute Gasteiger partial charge is 0.271 e. The molecule has 0 aliphatic rings. The molecule has 134 valence electrons. The van der Waals surface area contributed by atoms with E-state index in [0.717, 1.165) is 5.56 Å². The quantitative estimate of drug-likeness (QED) is 0.693. The van der Waals surface area contributed by atoms with Crippen LogP contribution < -0.4 is 11.1 Å². The van der Waals surface area contributed by atoms with E-state index in [4.69, 9.17) is 10.5 Å². The summed E-state index contributed by atoms with van der Waals surface area (Å²) in [6, 6.07) is 10.8. The zero-order valence-corrected chi connectivity index (χ0v) is 14.5. The topological polar surface area (TPSA) is 112 Å². The van der Waals surface area contributed by atoms with Crippen molar-refractivity contribution in [3.8, 4) is 11.3 Å². The summed E-state index contributed by atoms with van der Waals surface area (Å²) in [7, 11) is 1.57. The Labute approximate surface area is 150 Å². The van der Waals surface area contributed by atoms with Crippen molar-refractivity contribution in [2.45, 2.75) is 13.0 Å². The minimum atomic E-state index is -0.704. The maximum absolute atomic E-state index is 12.7. The fourth-order valence-electron chi connectivity index (χ4n) is 2.67. The summed E-state index contributed by atoms with van der Waals surface area (Å²) < 4.78 is 6.51. The second-order valence-corrected chi connectivity index (χ2v) is 5.87. The highest BCUT2D eigenvalue weighted by molar-refractivity contribution is 5.99. The van der Waals surface area contributed by atoms with Crippen LogP contribution in [0.15, 0.2) is 42.7 Å². The van der Waals surface area contributed by atoms with Gasteiger partial charge in [-0.3, -0.25) is 14.0 Å². The fraction of sp³-hybridized carbons (Fsp3) is 0.222. The van der Waals surface area contributed by atoms with E-state index in [0.29, 0.717) is 18.0 Å². The van der Waals surface area contributed by atoms with Crippen molar-refractivity contribution in [1.29, 1.82) is 0 Å². The lowest BCUT2D eigenvalue weighted by molar-refractivity contribution is 0.0898. The van der Waals surface area contributed by atoms with Gasteiger partial charge in [-0.05, 0) is 13.0 Å². The van der Waals surface area contributed by atoms with Gasteiger partial charge in [0.2, 0.25) is 0 Å². The van der Waals surface area contributed by atoms with E-state index in [-0.39, 0.29) is 23.3 Å². The number of fused-ring (bicyclic) bond motifs is 1. The van der Waals surface area contributed by atoms with Crippen molar-refractivity contribution >= 4 is 17.5 Å². The van der Waals surface area contributed by atoms with Crippen LogP contribution in [0.4, 0.5) is 0 Å². The van der Waals surface area contributed by atoms with E-state index in [1.165, 1.54) is 10.7 Å². The summed E-state index contributed by atoms with van der Waals surface area (Å²) in [5.41, 5.74) is 7.30. The van der Waals surface area contributed by atoms with E-state index in [1.54, 1.807) is 13.2 Å². The monoisotopic (exact) mass is 353 g/mol. The predicted octanol–water partition coefficient (Wildman–Crippen LogP) is 1.26. The number of aromatic nitrogens is 3. The van der Waals surface area contributed by atoms with Crippen LogP contribution in [0.2, 0.25) is 0 Å². The van der Waals surface area contributed by atoms with Crippen LogP contribution >= 0.6 is 0 Å². The minimum absolute atomic E-state index is 0.0155. The lowest BCUT2D eigenvalue weighted by Gasteiger charge is -2.14. The number of amides is 2. The Hall–Kier alpha value is -3.26. The van der Waals surface area contributed by atoms with Crippen molar-refractivity contribution in [1.82, 2.24) is 19.7 Å². The highest BCUT2D eigenvalue weighted by Crippen LogP contribution is 2.21. The van der Waals surface area contributed by atoms with Crippen molar-refractivity contribution in [3.05, 3.63) is 54.1 Å². The maximum Gasteiger partial charge on any atom is 0.271 e. The molecule has 2 heterocycles. The van der Waals surface area contributed by atoms with Gasteiger partial charge in [-0.2, -0.15) is 0 Å². The number of nitrogens with two attached hydrogens (primary N) is 1. The number of hydrogen-bond donors (Lipinski definition) is 2. The number of methoxy groups -OCH3 is 1. The Morgan fingerprint density at radius 1 is 1.31 bits per heavy atom. The average Bonchev–Trinajstić information content (AvgIpc) is 3.06. The van der Waals surface area contributed by atoms with Crippen molar-refractivity contribution < 1.29 is 14.3 Å². The Bertz CT molecular complexity index is 952. The van der Waals surface area contributed by atoms with Gasteiger partial charge in [0.05, 0.1) is 12.3 Å². The molecule has 0 unspecified atom stereocenters. The number of hydrogen-bond acceptors (Lipinski definition) is 5. The second kappa shape index (κ2) is 7.32. The van der Waals surface area contributed by atoms with Crippen LogP contribution in [0.1, 0.15) is 27.9 Å². The average molecular weight is 353 g/mol. The molecule has 0 radical (unpaired) electrons. The number of nitrogens with one attached hydrogen (secondary N) is 1. The Morgan fingerprint density at radius 2 is 2.04 bits per heavy atom. The molecule has 8 nitrogen and oxygen atoms in total. The molecular formula is C18H19N5O3. The van der Waals surface area contributed by atoms with E-state index < -0.39 is 5.91 Å². The number of ether oxygens (including phenoxy) is 1. The van der Waals surface area contributed by atoms with Gasteiger partial charge in [-0.25, -0.2) is 9.97 Å². The van der Waals surface area contributed by atoms with E-state index >= 15 is 0 Å². The summed E-state index contributed by atoms with van der Waals surface area (Å²) in [6.07, 6.45) is 1.37. The van der Waals surface area contributed by atoms with Gasteiger partial charge in [-0.1, -0.05) is 30.3 Å². The van der Waals surface area contributed by atoms with Gasteiger partial charge in [0.15, 0.2) is 11.3 Å². The van der Waals surface area contributed by atoms with Gasteiger partial charge in [0.1, 0.15) is 12.0 Å². The summed E-state index contributed by atoms with van der Waals surface area (Å²) in [5.74, 6) is -1.03. The van der Waals surface area contributed by atoms with E-state index in [1.807, 2.05) is 37.3 Å². The third-order valence-electron chi connectivity index (χ3n) is 3.83. The van der Waals surface area contributed by atoms with Crippen LogP contribution in [-0.4, -0.2) is 45.9 Å². The summed E-state index contributed by atoms with van der Waals surface area (Å²) in [6.45, 7) is 2.21. The highest BCUT2D eigenvalue weighted by Gasteiger charge is 2.20. The largest absolute Gasteiger partial charge is 0.383 e. The molecule has 1 aromatic carbocycles. The SMILES string of the molecule is COC[C@H](C)NC(=O)c1cc(-c2ccccc2)nc2c(C(N)=O)ncn12. The zero-order chi connectivity index (χ0) is 18.7. The maximum atomic E-state index is 12.7. The van der Waals surface area contributed by atoms with E-state index in [2.05, 4.69) is 15.3 Å². The van der Waals surface area contributed by atoms with Crippen LogP contribution in [-0.2, 0) is 4.74 Å². The standard InChI is InChI=1S/C18H19N5O3/c1-11(9-26-2)21-18(25)14-8-13(12-6-4-3-5-7-12)22-17-15(16(19)24)20-10-23(14)17/h3-8,10-11H,9H2,1-2H3,(H2,19,24)(H,21,25)/t11-/m0/s1. The number of carbonyl (C=O) groups is 2. The van der Waals surface area contributed by atoms with Crippen LogP contribution in [0.5, 0.6) is 0 Å². The van der Waals surface area contributed by atoms with Gasteiger partial charge < -0.3 is 15.8 Å². The molecule has 3 aromatic rings. The van der Waals surface area contributed by atoms with Crippen LogP contribution in [0, 0.1) is 0 Å². The molecule has 0 aliphatic carbocycles. The molecule has 0 spiro atoms. The zero-order valence-electron chi connectivity index (χ0n) is 14.5. The Balaban J connectivity index is 2.14. The second-order valence-electron chi connectivity index (χ2n) is 5.87. The molecule has 2 amide bonds. The molecule has 2 aromatic heterocycles. The molecule has 0 saturated heterocycles. The molecule has 3 rings (SSSR count). The number of carbonyl (C=O) groups excluding carboxylic acids is 2.